The zero-order valence-electron chi connectivity index (χ0n) is 14.6. The highest BCUT2D eigenvalue weighted by atomic mass is 19.1. The van der Waals surface area contributed by atoms with Crippen LogP contribution in [0.1, 0.15) is 24.1 Å². The molecule has 1 amide bonds. The number of nitrogens with zero attached hydrogens (tertiary/aromatic N) is 3. The molecule has 132 valence electrons. The molecule has 0 radical (unpaired) electrons. The Morgan fingerprint density at radius 1 is 1.20 bits per heavy atom. The molecule has 2 aromatic rings. The first-order chi connectivity index (χ1) is 11.7. The summed E-state index contributed by atoms with van der Waals surface area (Å²) in [6.45, 7) is 1.82. The van der Waals surface area contributed by atoms with Gasteiger partial charge >= 0.3 is 5.69 Å². The van der Waals surface area contributed by atoms with Crippen LogP contribution in [0, 0.1) is 5.82 Å². The number of likely N-dealkylation sites (N-methyl/N-ethyl adjacent to an activating group) is 1. The molecule has 1 atom stereocenters. The second-order valence-electron chi connectivity index (χ2n) is 5.85. The van der Waals surface area contributed by atoms with Crippen molar-refractivity contribution in [2.24, 2.45) is 14.1 Å². The first-order valence-corrected chi connectivity index (χ1v) is 7.69. The van der Waals surface area contributed by atoms with Crippen molar-refractivity contribution in [1.82, 2.24) is 14.0 Å². The number of carbonyl (C=O) groups is 1. The van der Waals surface area contributed by atoms with Crippen molar-refractivity contribution >= 4 is 12.0 Å². The van der Waals surface area contributed by atoms with Gasteiger partial charge in [0.05, 0.1) is 11.6 Å². The van der Waals surface area contributed by atoms with Gasteiger partial charge in [0.2, 0.25) is 5.91 Å². The van der Waals surface area contributed by atoms with Crippen molar-refractivity contribution in [2.45, 2.75) is 13.0 Å². The minimum Gasteiger partial charge on any atom is -0.335 e. The van der Waals surface area contributed by atoms with Crippen LogP contribution in [0.3, 0.4) is 0 Å². The lowest BCUT2D eigenvalue weighted by molar-refractivity contribution is -0.126. The summed E-state index contributed by atoms with van der Waals surface area (Å²) < 4.78 is 15.3. The van der Waals surface area contributed by atoms with E-state index in [1.165, 1.54) is 54.0 Å². The summed E-state index contributed by atoms with van der Waals surface area (Å²) in [5.41, 5.74) is 0.126. The molecule has 0 aliphatic carbocycles. The van der Waals surface area contributed by atoms with Gasteiger partial charge in [0.1, 0.15) is 5.82 Å². The lowest BCUT2D eigenvalue weighted by Crippen LogP contribution is -2.37. The maximum absolute atomic E-state index is 13.0. The fraction of sp³-hybridized carbons (Fsp3) is 0.278. The number of aryl methyl sites for hydroxylation is 1. The predicted molar refractivity (Wildman–Crippen MR) is 93.5 cm³/mol. The highest BCUT2D eigenvalue weighted by Gasteiger charge is 2.15. The highest BCUT2D eigenvalue weighted by molar-refractivity contribution is 5.91. The Labute approximate surface area is 144 Å². The van der Waals surface area contributed by atoms with Crippen LogP contribution < -0.4 is 11.2 Å². The number of hydrogen-bond acceptors (Lipinski definition) is 3. The molecule has 0 saturated carbocycles. The summed E-state index contributed by atoms with van der Waals surface area (Å²) in [4.78, 5) is 37.5. The summed E-state index contributed by atoms with van der Waals surface area (Å²) in [7, 11) is 4.54. The molecule has 1 aromatic heterocycles. The van der Waals surface area contributed by atoms with Crippen molar-refractivity contribution in [3.05, 3.63) is 74.3 Å². The third-order valence-corrected chi connectivity index (χ3v) is 4.16. The zero-order chi connectivity index (χ0) is 18.7. The van der Waals surface area contributed by atoms with Crippen molar-refractivity contribution in [3.63, 3.8) is 0 Å². The topological polar surface area (TPSA) is 64.3 Å². The number of halogens is 1. The fourth-order valence-electron chi connectivity index (χ4n) is 2.38. The first-order valence-electron chi connectivity index (χ1n) is 7.69. The molecule has 0 aliphatic heterocycles. The number of benzene rings is 1. The normalized spacial score (nSPS) is 12.4. The van der Waals surface area contributed by atoms with Crippen molar-refractivity contribution in [1.29, 1.82) is 0 Å². The molecule has 0 aliphatic rings. The number of carbonyl (C=O) groups excluding carboxylic acids is 1. The summed E-state index contributed by atoms with van der Waals surface area (Å²) >= 11 is 0. The smallest absolute Gasteiger partial charge is 0.330 e. The highest BCUT2D eigenvalue weighted by Crippen LogP contribution is 2.19. The molecular weight excluding hydrogens is 325 g/mol. The Balaban J connectivity index is 2.21. The molecule has 0 saturated heterocycles. The molecule has 0 N–H and O–H groups in total. The maximum atomic E-state index is 13.0. The van der Waals surface area contributed by atoms with Crippen molar-refractivity contribution in [3.8, 4) is 0 Å². The van der Waals surface area contributed by atoms with Crippen LogP contribution in [0.4, 0.5) is 4.39 Å². The molecule has 0 spiro atoms. The molecule has 25 heavy (non-hydrogen) atoms. The Morgan fingerprint density at radius 3 is 2.40 bits per heavy atom. The van der Waals surface area contributed by atoms with E-state index in [2.05, 4.69) is 0 Å². The monoisotopic (exact) mass is 345 g/mol. The van der Waals surface area contributed by atoms with Crippen LogP contribution in [-0.2, 0) is 18.9 Å². The largest absolute Gasteiger partial charge is 0.335 e. The van der Waals surface area contributed by atoms with E-state index in [1.807, 2.05) is 6.92 Å². The Morgan fingerprint density at radius 2 is 1.80 bits per heavy atom. The van der Waals surface area contributed by atoms with Gasteiger partial charge in [-0.1, -0.05) is 12.1 Å². The van der Waals surface area contributed by atoms with Crippen LogP contribution in [-0.4, -0.2) is 27.0 Å². The predicted octanol–water partition coefficient (Wildman–Crippen LogP) is 1.46. The average molecular weight is 345 g/mol. The van der Waals surface area contributed by atoms with Gasteiger partial charge in [-0.25, -0.2) is 9.18 Å². The summed E-state index contributed by atoms with van der Waals surface area (Å²) in [5, 5.41) is 0. The van der Waals surface area contributed by atoms with E-state index in [0.29, 0.717) is 0 Å². The van der Waals surface area contributed by atoms with Crippen LogP contribution >= 0.6 is 0 Å². The number of amides is 1. The Bertz CT molecular complexity index is 926. The van der Waals surface area contributed by atoms with E-state index in [-0.39, 0.29) is 23.3 Å². The Hall–Kier alpha value is -2.96. The summed E-state index contributed by atoms with van der Waals surface area (Å²) in [5.74, 6) is -0.650. The average Bonchev–Trinajstić information content (AvgIpc) is 2.61. The van der Waals surface area contributed by atoms with Gasteiger partial charge in [-0.05, 0) is 30.7 Å². The van der Waals surface area contributed by atoms with Gasteiger partial charge in [-0.15, -0.1) is 0 Å². The van der Waals surface area contributed by atoms with Gasteiger partial charge in [-0.3, -0.25) is 14.2 Å². The van der Waals surface area contributed by atoms with E-state index in [0.717, 1.165) is 10.1 Å². The summed E-state index contributed by atoms with van der Waals surface area (Å²) in [6.07, 6.45) is 4.05. The molecule has 2 rings (SSSR count). The van der Waals surface area contributed by atoms with Gasteiger partial charge in [0, 0.05) is 33.4 Å². The van der Waals surface area contributed by atoms with E-state index >= 15 is 0 Å². The molecule has 7 heteroatoms. The first kappa shape index (κ1) is 18.4. The van der Waals surface area contributed by atoms with Gasteiger partial charge in [0.15, 0.2) is 0 Å². The molecule has 6 nitrogen and oxygen atoms in total. The maximum Gasteiger partial charge on any atom is 0.330 e. The zero-order valence-corrected chi connectivity index (χ0v) is 14.6. The molecular formula is C18H20FN3O3. The van der Waals surface area contributed by atoms with Gasteiger partial charge < -0.3 is 9.47 Å². The van der Waals surface area contributed by atoms with E-state index in [1.54, 1.807) is 19.2 Å². The van der Waals surface area contributed by atoms with Crippen LogP contribution in [0.2, 0.25) is 0 Å². The molecule has 0 fully saturated rings. The fourth-order valence-corrected chi connectivity index (χ4v) is 2.38. The lowest BCUT2D eigenvalue weighted by atomic mass is 10.1. The van der Waals surface area contributed by atoms with E-state index in [4.69, 9.17) is 0 Å². The molecule has 1 heterocycles. The molecule has 0 bridgehead atoms. The van der Waals surface area contributed by atoms with Crippen LogP contribution in [0.25, 0.3) is 6.08 Å². The minimum absolute atomic E-state index is 0.237. The number of rotatable bonds is 4. The third kappa shape index (κ3) is 3.93. The molecule has 1 unspecified atom stereocenters. The number of hydrogen-bond donors (Lipinski definition) is 0. The summed E-state index contributed by atoms with van der Waals surface area (Å²) in [6, 6.07) is 5.66. The van der Waals surface area contributed by atoms with Crippen LogP contribution in [0.5, 0.6) is 0 Å². The van der Waals surface area contributed by atoms with Crippen molar-refractivity contribution < 1.29 is 9.18 Å². The Kier molecular flexibility index (Phi) is 5.36. The van der Waals surface area contributed by atoms with E-state index < -0.39 is 11.2 Å². The van der Waals surface area contributed by atoms with Crippen molar-refractivity contribution in [2.75, 3.05) is 7.05 Å². The second kappa shape index (κ2) is 7.29. The quantitative estimate of drug-likeness (QED) is 0.788. The number of aromatic nitrogens is 2. The lowest BCUT2D eigenvalue weighted by Gasteiger charge is -2.24. The molecule has 1 aromatic carbocycles. The third-order valence-electron chi connectivity index (χ3n) is 4.16. The second-order valence-corrected chi connectivity index (χ2v) is 5.85. The standard InChI is InChI=1S/C18H20FN3O3/c1-12(13-5-8-15(19)9-6-13)21(3)16(23)10-7-14-11-20(2)18(25)22(4)17(14)24/h5-12H,1-4H3/b10-7+. The van der Waals surface area contributed by atoms with Crippen LogP contribution in [0.15, 0.2) is 46.1 Å². The van der Waals surface area contributed by atoms with Gasteiger partial charge in [-0.2, -0.15) is 0 Å². The van der Waals surface area contributed by atoms with Gasteiger partial charge in [0.25, 0.3) is 5.56 Å². The minimum atomic E-state index is -0.471. The van der Waals surface area contributed by atoms with E-state index in [9.17, 15) is 18.8 Å². The SMILES string of the molecule is CC(c1ccc(F)cc1)N(C)C(=O)/C=C/c1cn(C)c(=O)n(C)c1=O.